The first-order valence-corrected chi connectivity index (χ1v) is 8.17. The highest BCUT2D eigenvalue weighted by Crippen LogP contribution is 2.26. The van der Waals surface area contributed by atoms with Crippen LogP contribution in [0.1, 0.15) is 30.6 Å². The zero-order chi connectivity index (χ0) is 20.4. The predicted molar refractivity (Wildman–Crippen MR) is 92.2 cm³/mol. The molecule has 1 aromatic rings. The Hall–Kier alpha value is -2.76. The first kappa shape index (κ1) is 22.3. The number of ether oxygens (including phenoxy) is 2. The summed E-state index contributed by atoms with van der Waals surface area (Å²) in [6.07, 6.45) is 0.156. The number of aromatic hydroxyl groups is 1. The average Bonchev–Trinajstić information content (AvgIpc) is 2.63. The van der Waals surface area contributed by atoms with E-state index >= 15 is 0 Å². The molecule has 0 aliphatic rings. The molecule has 11 heteroatoms. The Kier molecular flexibility index (Phi) is 9.13. The lowest BCUT2D eigenvalue weighted by Crippen LogP contribution is -2.41. The fraction of sp³-hybridized carbons (Fsp3) is 0.500. The lowest BCUT2D eigenvalue weighted by atomic mass is 10.0. The number of carbonyl (C=O) groups excluding carboxylic acids is 2. The fourth-order valence-corrected chi connectivity index (χ4v) is 2.23. The topological polar surface area (TPSA) is 160 Å². The van der Waals surface area contributed by atoms with Crippen LogP contribution >= 0.6 is 0 Å². The second-order valence-corrected chi connectivity index (χ2v) is 5.73. The van der Waals surface area contributed by atoms with Crippen LogP contribution in [0, 0.1) is 16.0 Å². The van der Waals surface area contributed by atoms with E-state index in [-0.39, 0.29) is 25.4 Å². The maximum Gasteiger partial charge on any atom is 0.310 e. The molecule has 11 nitrogen and oxygen atoms in total. The Bertz CT molecular complexity index is 667. The number of amides is 2. The molecule has 0 spiro atoms. The Labute approximate surface area is 155 Å². The van der Waals surface area contributed by atoms with E-state index in [1.165, 1.54) is 6.07 Å². The third-order valence-corrected chi connectivity index (χ3v) is 3.66. The number of rotatable bonds is 11. The van der Waals surface area contributed by atoms with Gasteiger partial charge < -0.3 is 19.9 Å². The van der Waals surface area contributed by atoms with Crippen LogP contribution in [0.15, 0.2) is 18.2 Å². The lowest BCUT2D eigenvalue weighted by Gasteiger charge is -2.21. The number of nitrogens with one attached hydrogen (secondary N) is 2. The molecular formula is C16H23N3O8. The van der Waals surface area contributed by atoms with Gasteiger partial charge in [0.05, 0.1) is 17.6 Å². The van der Waals surface area contributed by atoms with Crippen molar-refractivity contribution < 1.29 is 34.3 Å². The summed E-state index contributed by atoms with van der Waals surface area (Å²) in [5, 5.41) is 31.7. The number of phenols is 1. The molecule has 1 aromatic carbocycles. The molecule has 0 aromatic heterocycles. The molecule has 2 amide bonds. The third-order valence-electron chi connectivity index (χ3n) is 3.66. The van der Waals surface area contributed by atoms with Crippen molar-refractivity contribution in [2.24, 2.45) is 5.92 Å². The molecule has 0 heterocycles. The zero-order valence-electron chi connectivity index (χ0n) is 15.0. The van der Waals surface area contributed by atoms with E-state index in [0.29, 0.717) is 6.61 Å². The first-order chi connectivity index (χ1) is 12.8. The Morgan fingerprint density at radius 3 is 2.59 bits per heavy atom. The van der Waals surface area contributed by atoms with E-state index in [1.807, 2.05) is 0 Å². The minimum absolute atomic E-state index is 0.00175. The molecule has 1 rings (SSSR count). The summed E-state index contributed by atoms with van der Waals surface area (Å²) < 4.78 is 10.3. The lowest BCUT2D eigenvalue weighted by molar-refractivity contribution is -0.385. The van der Waals surface area contributed by atoms with Crippen LogP contribution in [-0.4, -0.2) is 53.1 Å². The molecule has 0 aliphatic carbocycles. The molecule has 0 radical (unpaired) electrons. The van der Waals surface area contributed by atoms with Crippen molar-refractivity contribution in [2.75, 3.05) is 20.0 Å². The van der Waals surface area contributed by atoms with Crippen molar-refractivity contribution in [3.8, 4) is 5.75 Å². The van der Waals surface area contributed by atoms with Crippen molar-refractivity contribution in [3.05, 3.63) is 33.9 Å². The number of phenolic OH excluding ortho intramolecular Hbond substituents is 1. The van der Waals surface area contributed by atoms with Crippen LogP contribution in [0.5, 0.6) is 5.75 Å². The highest BCUT2D eigenvalue weighted by atomic mass is 16.7. The summed E-state index contributed by atoms with van der Waals surface area (Å²) in [7, 11) is 0. The maximum absolute atomic E-state index is 12.4. The molecule has 0 aliphatic heterocycles. The predicted octanol–water partition coefficient (Wildman–Crippen LogP) is 0.941. The van der Waals surface area contributed by atoms with Crippen LogP contribution in [0.25, 0.3) is 0 Å². The maximum atomic E-state index is 12.4. The minimum atomic E-state index is -0.767. The van der Waals surface area contributed by atoms with Crippen LogP contribution in [0.2, 0.25) is 0 Å². The van der Waals surface area contributed by atoms with Crippen LogP contribution in [-0.2, 0) is 14.3 Å². The van der Waals surface area contributed by atoms with Crippen molar-refractivity contribution in [1.82, 2.24) is 10.8 Å². The second kappa shape index (κ2) is 11.1. The van der Waals surface area contributed by atoms with E-state index in [4.69, 9.17) is 14.7 Å². The van der Waals surface area contributed by atoms with Gasteiger partial charge >= 0.3 is 5.69 Å². The van der Waals surface area contributed by atoms with Crippen molar-refractivity contribution in [3.63, 3.8) is 0 Å². The molecular weight excluding hydrogens is 362 g/mol. The molecule has 0 saturated heterocycles. The molecule has 150 valence electrons. The van der Waals surface area contributed by atoms with Crippen molar-refractivity contribution in [2.45, 2.75) is 26.3 Å². The number of nitrogens with zero attached hydrogens (tertiary/aromatic N) is 1. The van der Waals surface area contributed by atoms with E-state index in [1.54, 1.807) is 19.3 Å². The van der Waals surface area contributed by atoms with Gasteiger partial charge in [-0.1, -0.05) is 6.92 Å². The second-order valence-electron chi connectivity index (χ2n) is 5.73. The van der Waals surface area contributed by atoms with Crippen LogP contribution in [0.3, 0.4) is 0 Å². The Balaban J connectivity index is 2.82. The van der Waals surface area contributed by atoms with E-state index < -0.39 is 40.1 Å². The number of benzene rings is 1. The number of hydrogen-bond acceptors (Lipinski definition) is 8. The van der Waals surface area contributed by atoms with Gasteiger partial charge in [0.1, 0.15) is 6.79 Å². The van der Waals surface area contributed by atoms with E-state index in [9.17, 15) is 24.8 Å². The molecule has 2 atom stereocenters. The minimum Gasteiger partial charge on any atom is -0.502 e. The number of hydroxylamine groups is 1. The highest BCUT2D eigenvalue weighted by Gasteiger charge is 2.22. The summed E-state index contributed by atoms with van der Waals surface area (Å²) in [5.41, 5.74) is 1.03. The highest BCUT2D eigenvalue weighted by molar-refractivity contribution is 5.95. The Morgan fingerprint density at radius 2 is 2.04 bits per heavy atom. The van der Waals surface area contributed by atoms with Gasteiger partial charge in [0, 0.05) is 24.2 Å². The number of nitro benzene ring substituents is 1. The summed E-state index contributed by atoms with van der Waals surface area (Å²) in [5.74, 6) is -2.49. The van der Waals surface area contributed by atoms with E-state index in [2.05, 4.69) is 5.32 Å². The van der Waals surface area contributed by atoms with Crippen LogP contribution in [0.4, 0.5) is 5.69 Å². The monoisotopic (exact) mass is 385 g/mol. The smallest absolute Gasteiger partial charge is 0.310 e. The van der Waals surface area contributed by atoms with Gasteiger partial charge in [0.2, 0.25) is 5.91 Å². The Morgan fingerprint density at radius 1 is 1.33 bits per heavy atom. The van der Waals surface area contributed by atoms with Gasteiger partial charge in [-0.05, 0) is 25.5 Å². The van der Waals surface area contributed by atoms with Crippen LogP contribution < -0.4 is 10.8 Å². The molecule has 0 bridgehead atoms. The van der Waals surface area contributed by atoms with Gasteiger partial charge in [-0.3, -0.25) is 24.9 Å². The molecule has 0 saturated carbocycles. The summed E-state index contributed by atoms with van der Waals surface area (Å²) in [4.78, 5) is 33.8. The van der Waals surface area contributed by atoms with Gasteiger partial charge in [0.25, 0.3) is 5.91 Å². The fourth-order valence-electron chi connectivity index (χ4n) is 2.23. The number of carbonyl (C=O) groups is 2. The summed E-state index contributed by atoms with van der Waals surface area (Å²) in [6.45, 7) is 3.83. The molecule has 0 fully saturated rings. The quantitative estimate of drug-likeness (QED) is 0.144. The largest absolute Gasteiger partial charge is 0.502 e. The van der Waals surface area contributed by atoms with Crippen molar-refractivity contribution in [1.29, 1.82) is 0 Å². The standard InChI is InChI=1S/C16H23N3O8/c1-3-26-9-27-8-12(6-10(2)15(21)18-23)17-16(22)11-4-5-13(19(24)25)14(20)7-11/h4-5,7,10,12,20,23H,3,6,8-9H2,1-2H3,(H,17,22)(H,18,21)/t10-,12-/m0/s1. The van der Waals surface area contributed by atoms with Gasteiger partial charge in [-0.15, -0.1) is 0 Å². The number of nitro groups is 1. The van der Waals surface area contributed by atoms with E-state index in [0.717, 1.165) is 12.1 Å². The summed E-state index contributed by atoms with van der Waals surface area (Å²) >= 11 is 0. The SMILES string of the molecule is CCOCOC[C@H](C[C@H](C)C(=O)NO)NC(=O)c1ccc([N+](=O)[O-])c(O)c1. The first-order valence-electron chi connectivity index (χ1n) is 8.17. The molecule has 0 unspecified atom stereocenters. The normalized spacial score (nSPS) is 12.9. The molecule has 27 heavy (non-hydrogen) atoms. The van der Waals surface area contributed by atoms with Gasteiger partial charge in [-0.25, -0.2) is 5.48 Å². The third kappa shape index (κ3) is 7.17. The van der Waals surface area contributed by atoms with Crippen molar-refractivity contribution >= 4 is 17.5 Å². The van der Waals surface area contributed by atoms with Gasteiger partial charge in [0.15, 0.2) is 5.75 Å². The zero-order valence-corrected chi connectivity index (χ0v) is 15.0. The average molecular weight is 385 g/mol. The molecule has 4 N–H and O–H groups in total. The van der Waals surface area contributed by atoms with Gasteiger partial charge in [-0.2, -0.15) is 0 Å². The number of hydrogen-bond donors (Lipinski definition) is 4. The summed E-state index contributed by atoms with van der Waals surface area (Å²) in [6, 6.07) is 2.60.